The van der Waals surface area contributed by atoms with E-state index in [1.807, 2.05) is 31.2 Å². The zero-order chi connectivity index (χ0) is 19.7. The average molecular weight is 398 g/mol. The van der Waals surface area contributed by atoms with Crippen LogP contribution >= 0.6 is 11.6 Å². The number of amides is 1. The molecule has 0 fully saturated rings. The Morgan fingerprint density at radius 3 is 2.89 bits per heavy atom. The fraction of sp³-hybridized carbons (Fsp3) is 0.300. The van der Waals surface area contributed by atoms with Gasteiger partial charge < -0.3 is 10.1 Å². The van der Waals surface area contributed by atoms with E-state index in [0.29, 0.717) is 29.8 Å². The van der Waals surface area contributed by atoms with Crippen LogP contribution in [0.4, 0.5) is 5.82 Å². The van der Waals surface area contributed by atoms with Crippen molar-refractivity contribution < 1.29 is 9.53 Å². The van der Waals surface area contributed by atoms with Crippen LogP contribution in [0.3, 0.4) is 0 Å². The molecular weight excluding hydrogens is 378 g/mol. The molecule has 1 aliphatic rings. The van der Waals surface area contributed by atoms with E-state index >= 15 is 0 Å². The van der Waals surface area contributed by atoms with Crippen LogP contribution < -0.4 is 10.1 Å². The summed E-state index contributed by atoms with van der Waals surface area (Å²) in [6.45, 7) is 4.66. The van der Waals surface area contributed by atoms with Gasteiger partial charge in [0.25, 0.3) is 0 Å². The maximum absolute atomic E-state index is 12.5. The number of ether oxygens (including phenoxy) is 1. The molecule has 3 aromatic rings. The standard InChI is InChI=1S/C20H20ClN5O2/c1-3-9-28-14-6-4-5-13(10-14)15-11-18(27)22-20-19(15)12(2)25-26(20)17-8-7-16(21)23-24-17/h4-8,10,15H,3,9,11H2,1-2H3,(H,22,27). The number of carbonyl (C=O) groups excluding carboxylic acids is 1. The molecule has 0 aliphatic carbocycles. The average Bonchev–Trinajstić information content (AvgIpc) is 3.03. The minimum Gasteiger partial charge on any atom is -0.494 e. The zero-order valence-corrected chi connectivity index (χ0v) is 16.4. The Hall–Kier alpha value is -2.93. The Labute approximate surface area is 167 Å². The van der Waals surface area contributed by atoms with Crippen molar-refractivity contribution in [2.75, 3.05) is 11.9 Å². The van der Waals surface area contributed by atoms with Crippen molar-refractivity contribution in [2.24, 2.45) is 0 Å². The van der Waals surface area contributed by atoms with Gasteiger partial charge in [-0.25, -0.2) is 0 Å². The number of benzene rings is 1. The Bertz CT molecular complexity index is 1020. The van der Waals surface area contributed by atoms with E-state index in [1.54, 1.807) is 16.8 Å². The third kappa shape index (κ3) is 3.45. The van der Waals surface area contributed by atoms with Gasteiger partial charge in [0.2, 0.25) is 5.91 Å². The summed E-state index contributed by atoms with van der Waals surface area (Å²) in [5.41, 5.74) is 2.83. The minimum absolute atomic E-state index is 0.0690. The van der Waals surface area contributed by atoms with Crippen LogP contribution in [0.2, 0.25) is 5.15 Å². The smallest absolute Gasteiger partial charge is 0.226 e. The Kier molecular flexibility index (Phi) is 5.00. The molecule has 1 unspecified atom stereocenters. The van der Waals surface area contributed by atoms with E-state index < -0.39 is 0 Å². The normalized spacial score (nSPS) is 15.8. The number of hydrogen-bond acceptors (Lipinski definition) is 5. The molecule has 1 N–H and O–H groups in total. The molecule has 0 saturated heterocycles. The molecule has 0 bridgehead atoms. The van der Waals surface area contributed by atoms with Gasteiger partial charge in [-0.15, -0.1) is 10.2 Å². The molecule has 4 rings (SSSR count). The van der Waals surface area contributed by atoms with Gasteiger partial charge in [0.1, 0.15) is 11.6 Å². The van der Waals surface area contributed by atoms with Crippen molar-refractivity contribution in [3.63, 3.8) is 0 Å². The lowest BCUT2D eigenvalue weighted by molar-refractivity contribution is -0.116. The van der Waals surface area contributed by atoms with Crippen molar-refractivity contribution in [2.45, 2.75) is 32.6 Å². The topological polar surface area (TPSA) is 81.9 Å². The second-order valence-electron chi connectivity index (χ2n) is 6.70. The van der Waals surface area contributed by atoms with E-state index in [2.05, 4.69) is 27.5 Å². The number of aryl methyl sites for hydroxylation is 1. The number of hydrogen-bond donors (Lipinski definition) is 1. The lowest BCUT2D eigenvalue weighted by Crippen LogP contribution is -2.25. The van der Waals surface area contributed by atoms with E-state index in [0.717, 1.165) is 29.0 Å². The number of aromatic nitrogens is 4. The molecule has 144 valence electrons. The number of rotatable bonds is 5. The summed E-state index contributed by atoms with van der Waals surface area (Å²) in [5.74, 6) is 1.74. The van der Waals surface area contributed by atoms with Gasteiger partial charge in [-0.3, -0.25) is 4.79 Å². The van der Waals surface area contributed by atoms with Crippen LogP contribution in [-0.2, 0) is 4.79 Å². The molecule has 0 saturated carbocycles. The van der Waals surface area contributed by atoms with Crippen molar-refractivity contribution in [1.29, 1.82) is 0 Å². The van der Waals surface area contributed by atoms with Crippen molar-refractivity contribution in [1.82, 2.24) is 20.0 Å². The molecule has 0 spiro atoms. The quantitative estimate of drug-likeness (QED) is 0.706. The molecule has 1 aromatic carbocycles. The largest absolute Gasteiger partial charge is 0.494 e. The molecule has 2 aromatic heterocycles. The Morgan fingerprint density at radius 2 is 2.14 bits per heavy atom. The first-order valence-electron chi connectivity index (χ1n) is 9.18. The van der Waals surface area contributed by atoms with Gasteiger partial charge >= 0.3 is 0 Å². The van der Waals surface area contributed by atoms with Gasteiger partial charge in [-0.2, -0.15) is 9.78 Å². The first kappa shape index (κ1) is 18.4. The lowest BCUT2D eigenvalue weighted by Gasteiger charge is -2.24. The molecule has 1 atom stereocenters. The summed E-state index contributed by atoms with van der Waals surface area (Å²) in [4.78, 5) is 12.5. The Balaban J connectivity index is 1.77. The van der Waals surface area contributed by atoms with Crippen molar-refractivity contribution in [3.05, 3.63) is 58.4 Å². The summed E-state index contributed by atoms with van der Waals surface area (Å²) < 4.78 is 7.37. The van der Waals surface area contributed by atoms with Gasteiger partial charge in [0.15, 0.2) is 11.0 Å². The summed E-state index contributed by atoms with van der Waals surface area (Å²) in [6, 6.07) is 11.3. The molecule has 28 heavy (non-hydrogen) atoms. The van der Waals surface area contributed by atoms with Gasteiger partial charge in [0.05, 0.1) is 12.3 Å². The van der Waals surface area contributed by atoms with Gasteiger partial charge in [-0.1, -0.05) is 30.7 Å². The maximum Gasteiger partial charge on any atom is 0.226 e. The summed E-state index contributed by atoms with van der Waals surface area (Å²) in [6.07, 6.45) is 1.29. The lowest BCUT2D eigenvalue weighted by atomic mass is 9.86. The van der Waals surface area contributed by atoms with E-state index in [1.165, 1.54) is 0 Å². The molecule has 1 aliphatic heterocycles. The minimum atomic E-state index is -0.108. The highest BCUT2D eigenvalue weighted by atomic mass is 35.5. The monoisotopic (exact) mass is 397 g/mol. The predicted molar refractivity (Wildman–Crippen MR) is 106 cm³/mol. The number of nitrogens with zero attached hydrogens (tertiary/aromatic N) is 4. The van der Waals surface area contributed by atoms with Crippen LogP contribution in [-0.4, -0.2) is 32.5 Å². The molecular formula is C20H20ClN5O2. The highest BCUT2D eigenvalue weighted by molar-refractivity contribution is 6.29. The molecule has 1 amide bonds. The van der Waals surface area contributed by atoms with Crippen molar-refractivity contribution in [3.8, 4) is 11.6 Å². The maximum atomic E-state index is 12.5. The fourth-order valence-electron chi connectivity index (χ4n) is 3.46. The van der Waals surface area contributed by atoms with Gasteiger partial charge in [-0.05, 0) is 43.2 Å². The van der Waals surface area contributed by atoms with Gasteiger partial charge in [0, 0.05) is 17.9 Å². The van der Waals surface area contributed by atoms with E-state index in [4.69, 9.17) is 16.3 Å². The second-order valence-corrected chi connectivity index (χ2v) is 7.09. The highest BCUT2D eigenvalue weighted by Crippen LogP contribution is 2.40. The fourth-order valence-corrected chi connectivity index (χ4v) is 3.56. The predicted octanol–water partition coefficient (Wildman–Crippen LogP) is 3.89. The molecule has 0 radical (unpaired) electrons. The molecule has 3 heterocycles. The zero-order valence-electron chi connectivity index (χ0n) is 15.6. The van der Waals surface area contributed by atoms with Crippen LogP contribution in [0.25, 0.3) is 5.82 Å². The van der Waals surface area contributed by atoms with Crippen LogP contribution in [0.5, 0.6) is 5.75 Å². The summed E-state index contributed by atoms with van der Waals surface area (Å²) in [7, 11) is 0. The van der Waals surface area contributed by atoms with Crippen LogP contribution in [0.15, 0.2) is 36.4 Å². The second kappa shape index (κ2) is 7.59. The third-order valence-electron chi connectivity index (χ3n) is 4.67. The van der Waals surface area contributed by atoms with E-state index in [-0.39, 0.29) is 11.8 Å². The number of halogens is 1. The third-order valence-corrected chi connectivity index (χ3v) is 4.87. The van der Waals surface area contributed by atoms with Crippen molar-refractivity contribution >= 4 is 23.3 Å². The SMILES string of the molecule is CCCOc1cccc(C2CC(=O)Nc3c2c(C)nn3-c2ccc(Cl)nn2)c1. The van der Waals surface area contributed by atoms with E-state index in [9.17, 15) is 4.79 Å². The Morgan fingerprint density at radius 1 is 1.29 bits per heavy atom. The first-order valence-corrected chi connectivity index (χ1v) is 9.56. The number of nitrogens with one attached hydrogen (secondary N) is 1. The highest BCUT2D eigenvalue weighted by Gasteiger charge is 2.33. The number of fused-ring (bicyclic) bond motifs is 1. The molecule has 8 heteroatoms. The molecule has 7 nitrogen and oxygen atoms in total. The summed E-state index contributed by atoms with van der Waals surface area (Å²) >= 11 is 5.84. The number of carbonyl (C=O) groups is 1. The van der Waals surface area contributed by atoms with Crippen LogP contribution in [0, 0.1) is 6.92 Å². The first-order chi connectivity index (χ1) is 13.6. The number of anilines is 1. The van der Waals surface area contributed by atoms with Crippen LogP contribution in [0.1, 0.15) is 42.5 Å². The summed E-state index contributed by atoms with van der Waals surface area (Å²) in [5, 5.41) is 15.8.